The second-order valence-corrected chi connectivity index (χ2v) is 8.70. The zero-order valence-corrected chi connectivity index (χ0v) is 10.9. The third-order valence-corrected chi connectivity index (χ3v) is 8.42. The van der Waals surface area contributed by atoms with E-state index in [-0.39, 0.29) is 6.61 Å². The van der Waals surface area contributed by atoms with Crippen molar-refractivity contribution in [1.29, 1.82) is 0 Å². The van der Waals surface area contributed by atoms with Crippen LogP contribution in [-0.4, -0.2) is 24.5 Å². The summed E-state index contributed by atoms with van der Waals surface area (Å²) in [5.41, 5.74) is 0. The Morgan fingerprint density at radius 2 is 1.75 bits per heavy atom. The summed E-state index contributed by atoms with van der Waals surface area (Å²) in [5.74, 6) is 0. The highest BCUT2D eigenvalue weighted by molar-refractivity contribution is 7.79. The van der Waals surface area contributed by atoms with Gasteiger partial charge in [-0.2, -0.15) is 17.4 Å². The monoisotopic (exact) mass is 301 g/mol. The van der Waals surface area contributed by atoms with E-state index in [0.29, 0.717) is 0 Å². The molecule has 0 saturated heterocycles. The summed E-state index contributed by atoms with van der Waals surface area (Å²) in [6.45, 7) is 0.388. The molecular weight excluding hydrogens is 291 g/mol. The number of aliphatic hydroxyl groups excluding tert-OH is 1. The largest absolute Gasteiger partial charge is 0.423 e. The molecule has 0 fully saturated rings. The maximum absolute atomic E-state index is 13.7. The van der Waals surface area contributed by atoms with Gasteiger partial charge in [0, 0.05) is 0 Å². The van der Waals surface area contributed by atoms with Gasteiger partial charge in [-0.3, -0.25) is 0 Å². The highest BCUT2D eigenvalue weighted by Gasteiger charge is 2.38. The second-order valence-electron chi connectivity index (χ2n) is 2.70. The van der Waals surface area contributed by atoms with E-state index in [1.54, 1.807) is 0 Å². The van der Waals surface area contributed by atoms with Crippen molar-refractivity contribution in [2.45, 2.75) is 6.92 Å². The van der Waals surface area contributed by atoms with E-state index in [9.17, 15) is 16.8 Å². The number of nitrogens with zero attached hydrogens (tertiary/aromatic N) is 3. The molecule has 0 saturated carbocycles. The molecule has 16 heavy (non-hydrogen) atoms. The van der Waals surface area contributed by atoms with Gasteiger partial charge in [-0.25, -0.2) is 0 Å². The van der Waals surface area contributed by atoms with Crippen molar-refractivity contribution < 1.29 is 26.4 Å². The molecule has 0 bridgehead atoms. The first-order valence-corrected chi connectivity index (χ1v) is 8.94. The molecule has 0 radical (unpaired) electrons. The summed E-state index contributed by atoms with van der Waals surface area (Å²) >= 11 is 0. The van der Waals surface area contributed by atoms with Gasteiger partial charge in [-0.15, -0.1) is 12.9 Å². The van der Waals surface area contributed by atoms with E-state index in [1.165, 1.54) is 6.92 Å². The first kappa shape index (κ1) is 14.4. The Hall–Kier alpha value is 0.330. The molecule has 96 valence electrons. The summed E-state index contributed by atoms with van der Waals surface area (Å²) in [7, 11) is -14.4. The van der Waals surface area contributed by atoms with Crippen LogP contribution in [0.2, 0.25) is 0 Å². The van der Waals surface area contributed by atoms with Crippen LogP contribution in [0.3, 0.4) is 0 Å². The first-order valence-electron chi connectivity index (χ1n) is 4.19. The Morgan fingerprint density at radius 1 is 1.12 bits per heavy atom. The van der Waals surface area contributed by atoms with Crippen LogP contribution in [-0.2, 0) is 4.52 Å². The lowest BCUT2D eigenvalue weighted by Gasteiger charge is -2.19. The van der Waals surface area contributed by atoms with Crippen LogP contribution in [0.15, 0.2) is 13.5 Å². The van der Waals surface area contributed by atoms with Crippen molar-refractivity contribution in [2.75, 3.05) is 19.4 Å². The van der Waals surface area contributed by atoms with Crippen LogP contribution in [0.5, 0.6) is 0 Å². The Balaban J connectivity index is 3.30. The number of hydrogen-bond donors (Lipinski definition) is 1. The van der Waals surface area contributed by atoms with Crippen LogP contribution < -0.4 is 0 Å². The number of halogens is 4. The fourth-order valence-electron chi connectivity index (χ4n) is 0.953. The molecule has 5 nitrogen and oxygen atoms in total. The Morgan fingerprint density at radius 3 is 2.25 bits per heavy atom. The van der Waals surface area contributed by atoms with Crippen molar-refractivity contribution >= 4 is 23.1 Å². The van der Waals surface area contributed by atoms with Crippen LogP contribution >= 0.6 is 23.1 Å². The summed E-state index contributed by atoms with van der Waals surface area (Å²) in [6, 6.07) is 0. The van der Waals surface area contributed by atoms with Crippen molar-refractivity contribution in [3.8, 4) is 0 Å². The van der Waals surface area contributed by atoms with Gasteiger partial charge >= 0.3 is 15.6 Å². The third-order valence-electron chi connectivity index (χ3n) is 1.39. The van der Waals surface area contributed by atoms with Gasteiger partial charge in [0.1, 0.15) is 0 Å². The Kier molecular flexibility index (Phi) is 4.41. The molecule has 0 aromatic carbocycles. The summed E-state index contributed by atoms with van der Waals surface area (Å²) in [4.78, 5) is 0. The second kappa shape index (κ2) is 4.91. The molecule has 0 aromatic rings. The van der Waals surface area contributed by atoms with Gasteiger partial charge < -0.3 is 9.63 Å². The SMILES string of the molecule is CCOP1(F)=NP(F)(CCO)=NP(F)(F)=N1. The lowest BCUT2D eigenvalue weighted by atomic mass is 10.9. The van der Waals surface area contributed by atoms with E-state index >= 15 is 0 Å². The van der Waals surface area contributed by atoms with E-state index in [0.717, 1.165) is 0 Å². The topological polar surface area (TPSA) is 66.5 Å². The zero-order chi connectivity index (χ0) is 12.4. The molecule has 12 heteroatoms. The van der Waals surface area contributed by atoms with Gasteiger partial charge in [-0.05, 0) is 6.92 Å². The minimum absolute atomic E-state index is 0.240. The molecular formula is C4H10F4N3O2P3. The lowest BCUT2D eigenvalue weighted by molar-refractivity contribution is 0.320. The van der Waals surface area contributed by atoms with Crippen molar-refractivity contribution in [2.24, 2.45) is 13.5 Å². The molecule has 1 aliphatic rings. The first-order chi connectivity index (χ1) is 7.24. The van der Waals surface area contributed by atoms with Crippen LogP contribution in [0.25, 0.3) is 0 Å². The summed E-state index contributed by atoms with van der Waals surface area (Å²) in [6.07, 6.45) is -0.725. The van der Waals surface area contributed by atoms with E-state index in [1.807, 2.05) is 0 Å². The van der Waals surface area contributed by atoms with Crippen LogP contribution in [0.4, 0.5) is 16.8 Å². The fourth-order valence-corrected chi connectivity index (χ4v) is 7.79. The fraction of sp³-hybridized carbons (Fsp3) is 1.00. The van der Waals surface area contributed by atoms with Gasteiger partial charge in [0.05, 0.1) is 19.4 Å². The summed E-state index contributed by atoms with van der Waals surface area (Å²) < 4.78 is 65.6. The van der Waals surface area contributed by atoms with Gasteiger partial charge in [0.15, 0.2) is 0 Å². The predicted octanol–water partition coefficient (Wildman–Crippen LogP) is 4.83. The van der Waals surface area contributed by atoms with Crippen molar-refractivity contribution in [3.05, 3.63) is 0 Å². The van der Waals surface area contributed by atoms with Crippen molar-refractivity contribution in [3.63, 3.8) is 0 Å². The van der Waals surface area contributed by atoms with Crippen molar-refractivity contribution in [1.82, 2.24) is 0 Å². The van der Waals surface area contributed by atoms with Crippen LogP contribution in [0.1, 0.15) is 6.92 Å². The molecule has 2 atom stereocenters. The van der Waals surface area contributed by atoms with Gasteiger partial charge in [0.25, 0.3) is 7.52 Å². The van der Waals surface area contributed by atoms with E-state index in [2.05, 4.69) is 18.1 Å². The molecule has 1 heterocycles. The number of aliphatic hydroxyl groups is 1. The standard InChI is InChI=1S/C4H10F4N3O2P3/c1-2-13-16(8)10-14(5,4-3-12)9-15(6,7)11-16/h12H,2-4H2,1H3. The molecule has 1 rings (SSSR count). The quantitative estimate of drug-likeness (QED) is 0.597. The zero-order valence-electron chi connectivity index (χ0n) is 8.17. The van der Waals surface area contributed by atoms with E-state index in [4.69, 9.17) is 5.11 Å². The smallest absolute Gasteiger partial charge is 0.396 e. The average Bonchev–Trinajstić information content (AvgIpc) is 1.97. The molecule has 0 amide bonds. The Bertz CT molecular complexity index is 421. The third kappa shape index (κ3) is 3.67. The molecule has 0 aromatic heterocycles. The number of hydrogen-bond acceptors (Lipinski definition) is 5. The average molecular weight is 301 g/mol. The maximum Gasteiger partial charge on any atom is 0.423 e. The molecule has 2 unspecified atom stereocenters. The molecule has 0 aliphatic carbocycles. The molecule has 1 aliphatic heterocycles. The number of rotatable bonds is 4. The minimum Gasteiger partial charge on any atom is -0.396 e. The Labute approximate surface area is 90.1 Å². The van der Waals surface area contributed by atoms with Gasteiger partial charge in [-0.1, -0.05) is 0 Å². The lowest BCUT2D eigenvalue weighted by Crippen LogP contribution is -1.92. The molecule has 0 spiro atoms. The van der Waals surface area contributed by atoms with Gasteiger partial charge in [0.2, 0.25) is 0 Å². The normalized spacial score (nSPS) is 37.1. The van der Waals surface area contributed by atoms with E-state index < -0.39 is 35.9 Å². The predicted molar refractivity (Wildman–Crippen MR) is 56.1 cm³/mol. The summed E-state index contributed by atoms with van der Waals surface area (Å²) in [5, 5.41) is 8.51. The van der Waals surface area contributed by atoms with Crippen LogP contribution in [0, 0.1) is 0 Å². The highest BCUT2D eigenvalue weighted by atomic mass is 31.3. The minimum atomic E-state index is -5.37. The molecule has 1 N–H and O–H groups in total. The highest BCUT2D eigenvalue weighted by Crippen LogP contribution is 2.81. The maximum atomic E-state index is 13.7.